The van der Waals surface area contributed by atoms with Gasteiger partial charge in [-0.05, 0) is 36.6 Å². The van der Waals surface area contributed by atoms with Gasteiger partial charge in [-0.15, -0.1) is 23.7 Å². The predicted molar refractivity (Wildman–Crippen MR) is 133 cm³/mol. The van der Waals surface area contributed by atoms with Gasteiger partial charge in [-0.1, -0.05) is 35.9 Å². The summed E-state index contributed by atoms with van der Waals surface area (Å²) in [6.45, 7) is 1.83. The maximum atomic E-state index is 13.5. The van der Waals surface area contributed by atoms with Crippen LogP contribution in [0.1, 0.15) is 39.3 Å². The Morgan fingerprint density at radius 2 is 2.00 bits per heavy atom. The minimum absolute atomic E-state index is 0. The summed E-state index contributed by atoms with van der Waals surface area (Å²) in [5, 5.41) is 23.8. The summed E-state index contributed by atoms with van der Waals surface area (Å²) in [5.74, 6) is -0.154. The van der Waals surface area contributed by atoms with Crippen molar-refractivity contribution < 1.29 is 19.8 Å². The summed E-state index contributed by atoms with van der Waals surface area (Å²) >= 11 is 7.79. The molecule has 34 heavy (non-hydrogen) atoms. The number of hydrogen-bond acceptors (Lipinski definition) is 5. The molecule has 0 radical (unpaired) electrons. The molecule has 0 aliphatic carbocycles. The van der Waals surface area contributed by atoms with Crippen molar-refractivity contribution in [3.8, 4) is 0 Å². The van der Waals surface area contributed by atoms with Crippen LogP contribution in [-0.2, 0) is 5.72 Å². The molecule has 0 saturated heterocycles. The largest absolute Gasteiger partial charge is 0.465 e. The lowest BCUT2D eigenvalue weighted by Gasteiger charge is -2.38. The number of carbonyl (C=O) groups is 2. The molecule has 0 spiro atoms. The molecular weight excluding hydrogens is 499 g/mol. The number of aromatic amines is 1. The molecule has 4 aromatic rings. The van der Waals surface area contributed by atoms with E-state index >= 15 is 0 Å². The number of halogens is 2. The molecule has 3 N–H and O–H groups in total. The SMILES string of the molecule is CC(c1sccc1Cl)N1C(=O)c2ccccc2C1(O)c1ccc2[nH]c(N(C)C(=O)O)nc2c1.Cl. The van der Waals surface area contributed by atoms with E-state index < -0.39 is 17.9 Å². The second kappa shape index (κ2) is 8.59. The van der Waals surface area contributed by atoms with Gasteiger partial charge in [0.15, 0.2) is 5.72 Å². The van der Waals surface area contributed by atoms with Crippen LogP contribution >= 0.6 is 35.3 Å². The molecule has 0 fully saturated rings. The molecule has 2 unspecified atom stereocenters. The van der Waals surface area contributed by atoms with Crippen molar-refractivity contribution in [2.75, 3.05) is 11.9 Å². The number of nitrogens with one attached hydrogen (secondary N) is 1. The Bertz CT molecular complexity index is 1420. The van der Waals surface area contributed by atoms with Crippen LogP contribution in [0, 0.1) is 0 Å². The molecular formula is C23H20Cl2N4O4S. The maximum absolute atomic E-state index is 13.5. The average Bonchev–Trinajstić information content (AvgIpc) is 3.48. The highest BCUT2D eigenvalue weighted by atomic mass is 35.5. The second-order valence-electron chi connectivity index (χ2n) is 7.84. The van der Waals surface area contributed by atoms with Gasteiger partial charge in [-0.2, -0.15) is 0 Å². The van der Waals surface area contributed by atoms with Crippen LogP contribution in [0.25, 0.3) is 11.0 Å². The Morgan fingerprint density at radius 3 is 2.68 bits per heavy atom. The normalized spacial score (nSPS) is 18.0. The van der Waals surface area contributed by atoms with Crippen LogP contribution in [0.4, 0.5) is 10.7 Å². The molecule has 2 amide bonds. The summed E-state index contributed by atoms with van der Waals surface area (Å²) in [7, 11) is 1.38. The number of hydrogen-bond donors (Lipinski definition) is 3. The van der Waals surface area contributed by atoms with E-state index in [1.807, 2.05) is 12.3 Å². The summed E-state index contributed by atoms with van der Waals surface area (Å²) in [6, 6.07) is 13.3. The molecule has 176 valence electrons. The zero-order valence-electron chi connectivity index (χ0n) is 18.0. The van der Waals surface area contributed by atoms with E-state index in [1.54, 1.807) is 48.5 Å². The first-order valence-electron chi connectivity index (χ1n) is 10.1. The number of aromatic nitrogens is 2. The third-order valence-electron chi connectivity index (χ3n) is 5.99. The fourth-order valence-electron chi connectivity index (χ4n) is 4.31. The minimum atomic E-state index is -1.77. The third kappa shape index (κ3) is 3.43. The molecule has 11 heteroatoms. The van der Waals surface area contributed by atoms with E-state index in [1.165, 1.54) is 23.3 Å². The smallest absolute Gasteiger partial charge is 0.413 e. The van der Waals surface area contributed by atoms with Crippen molar-refractivity contribution in [2.45, 2.75) is 18.7 Å². The van der Waals surface area contributed by atoms with Gasteiger partial charge in [-0.3, -0.25) is 14.6 Å². The number of imidazole rings is 1. The highest BCUT2D eigenvalue weighted by Gasteiger charge is 2.52. The number of amides is 2. The van der Waals surface area contributed by atoms with Gasteiger partial charge >= 0.3 is 6.09 Å². The van der Waals surface area contributed by atoms with Gasteiger partial charge < -0.3 is 15.2 Å². The quantitative estimate of drug-likeness (QED) is 0.342. The van der Waals surface area contributed by atoms with Gasteiger partial charge in [0.05, 0.1) is 22.1 Å². The molecule has 2 atom stereocenters. The van der Waals surface area contributed by atoms with Crippen molar-refractivity contribution in [1.82, 2.24) is 14.9 Å². The van der Waals surface area contributed by atoms with E-state index in [4.69, 9.17) is 11.6 Å². The second-order valence-corrected chi connectivity index (χ2v) is 9.19. The summed E-state index contributed by atoms with van der Waals surface area (Å²) in [5.41, 5.74) is 0.600. The Morgan fingerprint density at radius 1 is 1.26 bits per heavy atom. The Hall–Kier alpha value is -3.11. The van der Waals surface area contributed by atoms with Crippen LogP contribution in [0.3, 0.4) is 0 Å². The number of carboxylic acid groups (broad SMARTS) is 1. The van der Waals surface area contributed by atoms with Crippen LogP contribution in [-0.4, -0.2) is 44.1 Å². The fourth-order valence-corrected chi connectivity index (χ4v) is 5.57. The molecule has 5 rings (SSSR count). The van der Waals surface area contributed by atoms with Gasteiger partial charge in [0, 0.05) is 28.6 Å². The summed E-state index contributed by atoms with van der Waals surface area (Å²) in [4.78, 5) is 35.3. The number of fused-ring (bicyclic) bond motifs is 2. The van der Waals surface area contributed by atoms with Crippen molar-refractivity contribution in [1.29, 1.82) is 0 Å². The Balaban J connectivity index is 0.00000274. The lowest BCUT2D eigenvalue weighted by atomic mass is 9.92. The molecule has 3 heterocycles. The molecule has 0 bridgehead atoms. The van der Waals surface area contributed by atoms with Gasteiger partial charge in [0.2, 0.25) is 5.95 Å². The number of anilines is 1. The van der Waals surface area contributed by atoms with E-state index in [9.17, 15) is 19.8 Å². The fraction of sp³-hybridized carbons (Fsp3) is 0.174. The van der Waals surface area contributed by atoms with E-state index in [2.05, 4.69) is 9.97 Å². The number of H-pyrrole nitrogens is 1. The monoisotopic (exact) mass is 518 g/mol. The number of carbonyl (C=O) groups excluding carboxylic acids is 1. The number of aliphatic hydroxyl groups is 1. The average molecular weight is 519 g/mol. The van der Waals surface area contributed by atoms with Crippen molar-refractivity contribution in [3.05, 3.63) is 80.5 Å². The number of nitrogens with zero attached hydrogens (tertiary/aromatic N) is 3. The summed E-state index contributed by atoms with van der Waals surface area (Å²) < 4.78 is 0. The first kappa shape index (κ1) is 24.0. The van der Waals surface area contributed by atoms with Gasteiger partial charge in [-0.25, -0.2) is 9.78 Å². The van der Waals surface area contributed by atoms with E-state index in [-0.39, 0.29) is 24.3 Å². The lowest BCUT2D eigenvalue weighted by molar-refractivity contribution is -0.0670. The molecule has 1 aliphatic heterocycles. The zero-order chi connectivity index (χ0) is 23.5. The molecule has 2 aromatic heterocycles. The lowest BCUT2D eigenvalue weighted by Crippen LogP contribution is -2.46. The van der Waals surface area contributed by atoms with Crippen molar-refractivity contribution >= 4 is 64.3 Å². The maximum Gasteiger partial charge on any atom is 0.413 e. The minimum Gasteiger partial charge on any atom is -0.465 e. The van der Waals surface area contributed by atoms with Gasteiger partial charge in [0.1, 0.15) is 0 Å². The van der Waals surface area contributed by atoms with Crippen LogP contribution in [0.15, 0.2) is 53.9 Å². The number of benzene rings is 2. The van der Waals surface area contributed by atoms with Crippen molar-refractivity contribution in [2.24, 2.45) is 0 Å². The molecule has 8 nitrogen and oxygen atoms in total. The van der Waals surface area contributed by atoms with Gasteiger partial charge in [0.25, 0.3) is 5.91 Å². The zero-order valence-corrected chi connectivity index (χ0v) is 20.4. The summed E-state index contributed by atoms with van der Waals surface area (Å²) in [6.07, 6.45) is -1.16. The van der Waals surface area contributed by atoms with Crippen LogP contribution < -0.4 is 4.90 Å². The predicted octanol–water partition coefficient (Wildman–Crippen LogP) is 5.22. The van der Waals surface area contributed by atoms with E-state index in [0.29, 0.717) is 32.7 Å². The highest BCUT2D eigenvalue weighted by molar-refractivity contribution is 7.10. The third-order valence-corrected chi connectivity index (χ3v) is 7.52. The van der Waals surface area contributed by atoms with Crippen molar-refractivity contribution in [3.63, 3.8) is 0 Å². The molecule has 1 aliphatic rings. The van der Waals surface area contributed by atoms with Crippen LogP contribution in [0.2, 0.25) is 5.02 Å². The Labute approximate surface area is 209 Å². The first-order chi connectivity index (χ1) is 15.7. The number of thiophene rings is 1. The number of rotatable bonds is 4. The molecule has 2 aromatic carbocycles. The first-order valence-corrected chi connectivity index (χ1v) is 11.3. The highest BCUT2D eigenvalue weighted by Crippen LogP contribution is 2.48. The standard InChI is InChI=1S/C23H19ClN4O4S.ClH/c1-12(19-16(24)9-10-33-19)28-20(29)14-5-3-4-6-15(14)23(28,32)13-7-8-17-18(11-13)26-21(25-17)27(2)22(30)31;/h3-12,32H,1-2H3,(H,25,26)(H,30,31);1H. The van der Waals surface area contributed by atoms with Crippen LogP contribution in [0.5, 0.6) is 0 Å². The molecule has 0 saturated carbocycles. The topological polar surface area (TPSA) is 110 Å². The van der Waals surface area contributed by atoms with E-state index in [0.717, 1.165) is 9.78 Å². The Kier molecular flexibility index (Phi) is 6.07.